The highest BCUT2D eigenvalue weighted by atomic mass is 32.3. The third-order valence-electron chi connectivity index (χ3n) is 6.90. The van der Waals surface area contributed by atoms with Crippen LogP contribution in [-0.2, 0) is 15.0 Å². The predicted molar refractivity (Wildman–Crippen MR) is 155 cm³/mol. The number of ether oxygens (including phenoxy) is 1. The molecule has 4 rings (SSSR count). The molecule has 1 aliphatic heterocycles. The fraction of sp³-hybridized carbons (Fsp3) is 0.400. The fourth-order valence-corrected chi connectivity index (χ4v) is 5.63. The van der Waals surface area contributed by atoms with Crippen molar-refractivity contribution in [2.75, 3.05) is 26.2 Å². The molecule has 0 aromatic heterocycles. The molecule has 1 heterocycles. The number of hydrogen-bond acceptors (Lipinski definition) is 6. The van der Waals surface area contributed by atoms with E-state index in [1.807, 2.05) is 81.4 Å². The highest BCUT2D eigenvalue weighted by Crippen LogP contribution is 2.35. The number of carbonyl (C=O) groups is 2. The predicted octanol–water partition coefficient (Wildman–Crippen LogP) is 4.83. The van der Waals surface area contributed by atoms with Gasteiger partial charge in [0.05, 0.1) is 23.0 Å². The summed E-state index contributed by atoms with van der Waals surface area (Å²) in [6, 6.07) is 17.4. The van der Waals surface area contributed by atoms with E-state index in [1.165, 1.54) is 18.2 Å². The van der Waals surface area contributed by atoms with Gasteiger partial charge in [0.25, 0.3) is 0 Å². The summed E-state index contributed by atoms with van der Waals surface area (Å²) in [6.07, 6.45) is 3.90. The lowest BCUT2D eigenvalue weighted by Crippen LogP contribution is -2.53. The van der Waals surface area contributed by atoms with E-state index in [-0.39, 0.29) is 12.1 Å². The fourth-order valence-electron chi connectivity index (χ4n) is 5.05. The first-order chi connectivity index (χ1) is 19.4. The Labute approximate surface area is 241 Å². The first kappa shape index (κ1) is 30.3. The second-order valence-electron chi connectivity index (χ2n) is 11.1. The van der Waals surface area contributed by atoms with Gasteiger partial charge in [-0.3, -0.25) is 4.90 Å². The van der Waals surface area contributed by atoms with Crippen LogP contribution in [0.15, 0.2) is 83.8 Å². The van der Waals surface area contributed by atoms with Gasteiger partial charge in [-0.15, -0.1) is 3.89 Å². The lowest BCUT2D eigenvalue weighted by Gasteiger charge is -2.43. The van der Waals surface area contributed by atoms with Crippen LogP contribution in [0.25, 0.3) is 0 Å². The topological polar surface area (TPSA) is 108 Å². The second-order valence-corrected chi connectivity index (χ2v) is 12.5. The molecule has 0 spiro atoms. The van der Waals surface area contributed by atoms with Gasteiger partial charge in [-0.25, -0.2) is 9.59 Å². The molecule has 220 valence electrons. The number of halogens is 1. The van der Waals surface area contributed by atoms with Crippen LogP contribution in [0.2, 0.25) is 0 Å². The van der Waals surface area contributed by atoms with E-state index in [0.29, 0.717) is 32.6 Å². The molecule has 3 amide bonds. The minimum absolute atomic E-state index is 0.284. The summed E-state index contributed by atoms with van der Waals surface area (Å²) in [5, 5.41) is 5.88. The maximum absolute atomic E-state index is 13.6. The molecular formula is C30H37FN4O5S. The summed E-state index contributed by atoms with van der Waals surface area (Å²) in [5.41, 5.74) is 1.27. The molecule has 2 aromatic rings. The number of hydrogen-bond donors (Lipinski definition) is 2. The molecule has 1 unspecified atom stereocenters. The number of urea groups is 1. The van der Waals surface area contributed by atoms with Crippen molar-refractivity contribution in [2.24, 2.45) is 0 Å². The third kappa shape index (κ3) is 8.40. The summed E-state index contributed by atoms with van der Waals surface area (Å²) in [5.74, 6) is 0. The molecule has 0 radical (unpaired) electrons. The zero-order valence-electron chi connectivity index (χ0n) is 23.5. The van der Waals surface area contributed by atoms with Crippen molar-refractivity contribution in [3.8, 4) is 0 Å². The SMILES string of the molecule is CC(C)(C)OC(=O)N1CCN([C@@H](c2ccccc2)[C@H](NC(=O)NC2C=C(S(=O)(=O)F)C=CC2)c2ccccc2)CC1. The molecule has 2 aromatic carbocycles. The number of amides is 3. The molecule has 0 bridgehead atoms. The number of benzene rings is 2. The van der Waals surface area contributed by atoms with Gasteiger partial charge in [0, 0.05) is 26.2 Å². The van der Waals surface area contributed by atoms with E-state index in [0.717, 1.165) is 11.1 Å². The van der Waals surface area contributed by atoms with Crippen molar-refractivity contribution in [2.45, 2.75) is 50.9 Å². The van der Waals surface area contributed by atoms with E-state index in [2.05, 4.69) is 15.5 Å². The van der Waals surface area contributed by atoms with Crippen molar-refractivity contribution in [3.05, 3.63) is 94.9 Å². The van der Waals surface area contributed by atoms with Crippen LogP contribution in [0.1, 0.15) is 50.4 Å². The van der Waals surface area contributed by atoms with Crippen LogP contribution in [0.4, 0.5) is 13.5 Å². The van der Waals surface area contributed by atoms with Crippen molar-refractivity contribution in [1.82, 2.24) is 20.4 Å². The molecule has 1 fully saturated rings. The van der Waals surface area contributed by atoms with Gasteiger partial charge in [-0.1, -0.05) is 66.7 Å². The quantitative estimate of drug-likeness (QED) is 0.452. The monoisotopic (exact) mass is 584 g/mol. The van der Waals surface area contributed by atoms with Crippen LogP contribution in [0, 0.1) is 0 Å². The molecular weight excluding hydrogens is 547 g/mol. The average Bonchev–Trinajstić information content (AvgIpc) is 2.93. The second kappa shape index (κ2) is 12.9. The summed E-state index contributed by atoms with van der Waals surface area (Å²) in [6.45, 7) is 7.55. The van der Waals surface area contributed by atoms with Crippen LogP contribution < -0.4 is 10.6 Å². The number of piperazine rings is 1. The molecule has 41 heavy (non-hydrogen) atoms. The molecule has 9 nitrogen and oxygen atoms in total. The Bertz CT molecular complexity index is 1370. The Balaban J connectivity index is 1.58. The Morgan fingerprint density at radius 1 is 0.951 bits per heavy atom. The van der Waals surface area contributed by atoms with Crippen LogP contribution in [0.5, 0.6) is 0 Å². The number of rotatable bonds is 7. The Hall–Kier alpha value is -3.70. The van der Waals surface area contributed by atoms with E-state index in [4.69, 9.17) is 4.74 Å². The molecule has 2 N–H and O–H groups in total. The van der Waals surface area contributed by atoms with Crippen LogP contribution >= 0.6 is 0 Å². The molecule has 3 atom stereocenters. The molecule has 1 saturated heterocycles. The largest absolute Gasteiger partial charge is 0.444 e. The minimum Gasteiger partial charge on any atom is -0.444 e. The lowest BCUT2D eigenvalue weighted by atomic mass is 9.91. The lowest BCUT2D eigenvalue weighted by molar-refractivity contribution is 0.00813. The zero-order chi connectivity index (χ0) is 29.6. The van der Waals surface area contributed by atoms with Gasteiger partial charge < -0.3 is 20.3 Å². The molecule has 1 aliphatic carbocycles. The highest BCUT2D eigenvalue weighted by Gasteiger charge is 2.35. The highest BCUT2D eigenvalue weighted by molar-refractivity contribution is 7.90. The summed E-state index contributed by atoms with van der Waals surface area (Å²) in [4.78, 5) is 29.5. The Morgan fingerprint density at radius 3 is 2.10 bits per heavy atom. The summed E-state index contributed by atoms with van der Waals surface area (Å²) < 4.78 is 41.9. The van der Waals surface area contributed by atoms with Gasteiger partial charge in [0.1, 0.15) is 5.60 Å². The number of nitrogens with one attached hydrogen (secondary N) is 2. The van der Waals surface area contributed by atoms with Crippen molar-refractivity contribution < 1.29 is 26.6 Å². The number of allylic oxidation sites excluding steroid dienone is 1. The Morgan fingerprint density at radius 2 is 1.54 bits per heavy atom. The zero-order valence-corrected chi connectivity index (χ0v) is 24.3. The molecule has 0 saturated carbocycles. The van der Waals surface area contributed by atoms with Gasteiger partial charge in [-0.2, -0.15) is 8.42 Å². The van der Waals surface area contributed by atoms with E-state index in [1.54, 1.807) is 4.90 Å². The van der Waals surface area contributed by atoms with Gasteiger partial charge in [0.15, 0.2) is 0 Å². The maximum Gasteiger partial charge on any atom is 0.410 e. The molecule has 11 heteroatoms. The van der Waals surface area contributed by atoms with Crippen molar-refractivity contribution >= 4 is 22.3 Å². The van der Waals surface area contributed by atoms with Crippen LogP contribution in [0.3, 0.4) is 0 Å². The maximum atomic E-state index is 13.6. The normalized spacial score (nSPS) is 19.6. The van der Waals surface area contributed by atoms with Crippen LogP contribution in [-0.4, -0.2) is 68.2 Å². The standard InChI is InChI=1S/C30H37FN4O5S/c1-30(2,3)40-29(37)35-19-17-34(18-20-35)27(23-13-8-5-9-14-23)26(22-11-6-4-7-12-22)33-28(36)32-24-15-10-16-25(21-24)41(31,38)39/h4-14,16,21,24,26-27H,15,17-20H2,1-3H3,(H2,32,33,36)/t24?,26-,27+/m1/s1. The minimum atomic E-state index is -4.89. The average molecular weight is 585 g/mol. The first-order valence-electron chi connectivity index (χ1n) is 13.6. The van der Waals surface area contributed by atoms with E-state index < -0.39 is 38.8 Å². The third-order valence-corrected chi connectivity index (χ3v) is 7.73. The van der Waals surface area contributed by atoms with Gasteiger partial charge >= 0.3 is 22.3 Å². The van der Waals surface area contributed by atoms with Gasteiger partial charge in [-0.05, 0) is 50.5 Å². The van der Waals surface area contributed by atoms with Crippen molar-refractivity contribution in [3.63, 3.8) is 0 Å². The van der Waals surface area contributed by atoms with Gasteiger partial charge in [0.2, 0.25) is 0 Å². The van der Waals surface area contributed by atoms with E-state index >= 15 is 0 Å². The first-order valence-corrected chi connectivity index (χ1v) is 15.0. The molecule has 2 aliphatic rings. The van der Waals surface area contributed by atoms with Crippen molar-refractivity contribution in [1.29, 1.82) is 0 Å². The summed E-state index contributed by atoms with van der Waals surface area (Å²) >= 11 is 0. The number of carbonyl (C=O) groups excluding carboxylic acids is 2. The smallest absolute Gasteiger partial charge is 0.410 e. The van der Waals surface area contributed by atoms with E-state index in [9.17, 15) is 21.9 Å². The Kier molecular flexibility index (Phi) is 9.49. The number of nitrogens with zero attached hydrogens (tertiary/aromatic N) is 2. The summed E-state index contributed by atoms with van der Waals surface area (Å²) in [7, 11) is -4.89.